The van der Waals surface area contributed by atoms with Gasteiger partial charge in [0.2, 0.25) is 5.91 Å². The Morgan fingerprint density at radius 2 is 2.00 bits per heavy atom. The number of nitrogens with one attached hydrogen (secondary N) is 1. The largest absolute Gasteiger partial charge is 0.311 e. The van der Waals surface area contributed by atoms with Gasteiger partial charge in [-0.1, -0.05) is 17.7 Å². The standard InChI is InChI=1S/C15H23N3O/c1-12-5-7-13(8-6-12)18-10-4-9-16-14(15(18)19)11-17(2)3/h5-8,14,16H,4,9-11H2,1-3H3. The van der Waals surface area contributed by atoms with Crippen LogP contribution in [0.5, 0.6) is 0 Å². The van der Waals surface area contributed by atoms with Crippen LogP contribution in [0.25, 0.3) is 0 Å². The second-order valence-electron chi connectivity index (χ2n) is 5.45. The van der Waals surface area contributed by atoms with Gasteiger partial charge in [-0.3, -0.25) is 4.79 Å². The van der Waals surface area contributed by atoms with Crippen molar-refractivity contribution in [2.45, 2.75) is 19.4 Å². The maximum atomic E-state index is 12.6. The molecule has 1 amide bonds. The van der Waals surface area contributed by atoms with E-state index in [2.05, 4.69) is 24.4 Å². The maximum Gasteiger partial charge on any atom is 0.245 e. The van der Waals surface area contributed by atoms with E-state index in [-0.39, 0.29) is 11.9 Å². The summed E-state index contributed by atoms with van der Waals surface area (Å²) in [5.41, 5.74) is 2.22. The van der Waals surface area contributed by atoms with Crippen LogP contribution >= 0.6 is 0 Å². The van der Waals surface area contributed by atoms with E-state index in [1.54, 1.807) is 0 Å². The molecular formula is C15H23N3O. The zero-order valence-electron chi connectivity index (χ0n) is 12.0. The molecule has 1 N–H and O–H groups in total. The van der Waals surface area contributed by atoms with E-state index in [0.717, 1.165) is 31.7 Å². The highest BCUT2D eigenvalue weighted by Crippen LogP contribution is 2.18. The van der Waals surface area contributed by atoms with E-state index in [0.29, 0.717) is 0 Å². The number of nitrogens with zero attached hydrogens (tertiary/aromatic N) is 2. The van der Waals surface area contributed by atoms with Crippen molar-refractivity contribution in [2.24, 2.45) is 0 Å². The quantitative estimate of drug-likeness (QED) is 0.889. The number of hydrogen-bond donors (Lipinski definition) is 1. The summed E-state index contributed by atoms with van der Waals surface area (Å²) in [6, 6.07) is 8.07. The lowest BCUT2D eigenvalue weighted by Gasteiger charge is -2.26. The van der Waals surface area contributed by atoms with Gasteiger partial charge in [0.25, 0.3) is 0 Å². The molecule has 1 fully saturated rings. The highest BCUT2D eigenvalue weighted by molar-refractivity contribution is 5.97. The van der Waals surface area contributed by atoms with Crippen LogP contribution in [0.15, 0.2) is 24.3 Å². The highest BCUT2D eigenvalue weighted by atomic mass is 16.2. The third-order valence-electron chi connectivity index (χ3n) is 3.41. The number of likely N-dealkylation sites (N-methyl/N-ethyl adjacent to an activating group) is 1. The van der Waals surface area contributed by atoms with E-state index in [4.69, 9.17) is 0 Å². The predicted octanol–water partition coefficient (Wildman–Crippen LogP) is 1.25. The third-order valence-corrected chi connectivity index (χ3v) is 3.41. The van der Waals surface area contributed by atoms with E-state index in [1.165, 1.54) is 5.56 Å². The van der Waals surface area contributed by atoms with Crippen molar-refractivity contribution in [1.82, 2.24) is 10.2 Å². The number of hydrogen-bond acceptors (Lipinski definition) is 3. The second-order valence-corrected chi connectivity index (χ2v) is 5.45. The van der Waals surface area contributed by atoms with Gasteiger partial charge < -0.3 is 15.1 Å². The van der Waals surface area contributed by atoms with E-state index < -0.39 is 0 Å². The van der Waals surface area contributed by atoms with Crippen LogP contribution in [-0.4, -0.2) is 50.6 Å². The molecule has 19 heavy (non-hydrogen) atoms. The van der Waals surface area contributed by atoms with E-state index in [9.17, 15) is 4.79 Å². The third kappa shape index (κ3) is 3.55. The first kappa shape index (κ1) is 14.0. The topological polar surface area (TPSA) is 35.6 Å². The minimum atomic E-state index is -0.112. The van der Waals surface area contributed by atoms with Gasteiger partial charge in [0.15, 0.2) is 0 Å². The van der Waals surface area contributed by atoms with Crippen molar-refractivity contribution in [3.8, 4) is 0 Å². The summed E-state index contributed by atoms with van der Waals surface area (Å²) < 4.78 is 0. The zero-order valence-corrected chi connectivity index (χ0v) is 12.0. The van der Waals surface area contributed by atoms with Gasteiger partial charge in [0.1, 0.15) is 6.04 Å². The first-order valence-electron chi connectivity index (χ1n) is 6.84. The molecule has 0 aliphatic carbocycles. The minimum Gasteiger partial charge on any atom is -0.311 e. The molecule has 0 spiro atoms. The molecule has 1 aliphatic heterocycles. The molecule has 1 unspecified atom stereocenters. The SMILES string of the molecule is Cc1ccc(N2CCCNC(CN(C)C)C2=O)cc1. The Morgan fingerprint density at radius 3 is 2.63 bits per heavy atom. The molecular weight excluding hydrogens is 238 g/mol. The lowest BCUT2D eigenvalue weighted by Crippen LogP contribution is -2.49. The van der Waals surface area contributed by atoms with Crippen LogP contribution in [0.3, 0.4) is 0 Å². The van der Waals surface area contributed by atoms with Gasteiger partial charge in [0.05, 0.1) is 0 Å². The fourth-order valence-corrected chi connectivity index (χ4v) is 2.39. The molecule has 4 heteroatoms. The Bertz CT molecular complexity index is 428. The second kappa shape index (κ2) is 6.17. The Hall–Kier alpha value is -1.39. The number of aryl methyl sites for hydroxylation is 1. The molecule has 0 saturated carbocycles. The van der Waals surface area contributed by atoms with Crippen molar-refractivity contribution in [1.29, 1.82) is 0 Å². The molecule has 0 bridgehead atoms. The minimum absolute atomic E-state index is 0.112. The Kier molecular flexibility index (Phi) is 4.56. The number of rotatable bonds is 3. The fourth-order valence-electron chi connectivity index (χ4n) is 2.39. The highest BCUT2D eigenvalue weighted by Gasteiger charge is 2.27. The molecule has 104 valence electrons. The zero-order chi connectivity index (χ0) is 13.8. The summed E-state index contributed by atoms with van der Waals surface area (Å²) in [7, 11) is 3.99. The average Bonchev–Trinajstić information content (AvgIpc) is 2.54. The molecule has 0 radical (unpaired) electrons. The lowest BCUT2D eigenvalue weighted by molar-refractivity contribution is -0.120. The maximum absolute atomic E-state index is 12.6. The van der Waals surface area contributed by atoms with Crippen LogP contribution < -0.4 is 10.2 Å². The number of amides is 1. The normalized spacial score (nSPS) is 20.7. The van der Waals surface area contributed by atoms with E-state index in [1.807, 2.05) is 36.0 Å². The predicted molar refractivity (Wildman–Crippen MR) is 78.5 cm³/mol. The van der Waals surface area contributed by atoms with Crippen molar-refractivity contribution >= 4 is 11.6 Å². The molecule has 1 aromatic rings. The van der Waals surface area contributed by atoms with Crippen molar-refractivity contribution in [3.63, 3.8) is 0 Å². The van der Waals surface area contributed by atoms with E-state index >= 15 is 0 Å². The Labute approximate surface area is 115 Å². The summed E-state index contributed by atoms with van der Waals surface area (Å²) >= 11 is 0. The summed E-state index contributed by atoms with van der Waals surface area (Å²) in [5.74, 6) is 0.176. The van der Waals surface area contributed by atoms with Crippen LogP contribution in [-0.2, 0) is 4.79 Å². The van der Waals surface area contributed by atoms with Gasteiger partial charge in [-0.25, -0.2) is 0 Å². The van der Waals surface area contributed by atoms with Crippen LogP contribution in [0, 0.1) is 6.92 Å². The molecule has 1 aliphatic rings. The van der Waals surface area contributed by atoms with Gasteiger partial charge in [-0.15, -0.1) is 0 Å². The molecule has 0 aromatic heterocycles. The number of benzene rings is 1. The van der Waals surface area contributed by atoms with Gasteiger partial charge in [-0.2, -0.15) is 0 Å². The van der Waals surface area contributed by atoms with Crippen molar-refractivity contribution in [3.05, 3.63) is 29.8 Å². The summed E-state index contributed by atoms with van der Waals surface area (Å²) in [6.45, 7) is 4.48. The first-order valence-corrected chi connectivity index (χ1v) is 6.84. The number of anilines is 1. The Morgan fingerprint density at radius 1 is 1.32 bits per heavy atom. The van der Waals surface area contributed by atoms with Gasteiger partial charge >= 0.3 is 0 Å². The molecule has 1 saturated heterocycles. The monoisotopic (exact) mass is 261 g/mol. The van der Waals surface area contributed by atoms with Crippen molar-refractivity contribution < 1.29 is 4.79 Å². The summed E-state index contributed by atoms with van der Waals surface area (Å²) in [4.78, 5) is 16.6. The first-order chi connectivity index (χ1) is 9.08. The lowest BCUT2D eigenvalue weighted by atomic mass is 10.2. The van der Waals surface area contributed by atoms with Crippen LogP contribution in [0.2, 0.25) is 0 Å². The van der Waals surface area contributed by atoms with Gasteiger partial charge in [-0.05, 0) is 46.1 Å². The van der Waals surface area contributed by atoms with Crippen LogP contribution in [0.4, 0.5) is 5.69 Å². The van der Waals surface area contributed by atoms with Crippen molar-refractivity contribution in [2.75, 3.05) is 38.6 Å². The summed E-state index contributed by atoms with van der Waals surface area (Å²) in [6.07, 6.45) is 0.990. The smallest absolute Gasteiger partial charge is 0.245 e. The summed E-state index contributed by atoms with van der Waals surface area (Å²) in [5, 5.41) is 3.34. The molecule has 4 nitrogen and oxygen atoms in total. The fraction of sp³-hybridized carbons (Fsp3) is 0.533. The molecule has 1 aromatic carbocycles. The molecule has 1 atom stereocenters. The molecule has 2 rings (SSSR count). The Balaban J connectivity index is 2.18. The number of carbonyl (C=O) groups is 1. The van der Waals surface area contributed by atoms with Crippen LogP contribution in [0.1, 0.15) is 12.0 Å². The average molecular weight is 261 g/mol. The van der Waals surface area contributed by atoms with Gasteiger partial charge in [0, 0.05) is 18.8 Å². The number of carbonyl (C=O) groups excluding carboxylic acids is 1. The molecule has 1 heterocycles.